The maximum absolute atomic E-state index is 12.7. The van der Waals surface area contributed by atoms with E-state index in [2.05, 4.69) is 0 Å². The SMILES string of the molecule is CC(=O)O[C@H]1CC=C(C)[C@@H]2[C@@H](OC(C)=O)[C@@]3(O)[C@H](/C=C(/CO)CC[C@@H](OC(C)=O)[C@@]12C)OC(=O)[C@@H]3C. The molecule has 3 aliphatic rings. The second kappa shape index (κ2) is 10.3. The minimum atomic E-state index is -2.03. The van der Waals surface area contributed by atoms with E-state index in [1.54, 1.807) is 13.8 Å². The van der Waals surface area contributed by atoms with E-state index in [0.29, 0.717) is 12.0 Å². The van der Waals surface area contributed by atoms with Crippen LogP contribution in [-0.4, -0.2) is 70.7 Å². The summed E-state index contributed by atoms with van der Waals surface area (Å²) in [7, 11) is 0. The topological polar surface area (TPSA) is 146 Å². The van der Waals surface area contributed by atoms with Crippen molar-refractivity contribution in [3.8, 4) is 0 Å². The average molecular weight is 509 g/mol. The van der Waals surface area contributed by atoms with Crippen molar-refractivity contribution in [2.75, 3.05) is 6.61 Å². The Kier molecular flexibility index (Phi) is 8.00. The van der Waals surface area contributed by atoms with Gasteiger partial charge in [-0.25, -0.2) is 0 Å². The van der Waals surface area contributed by atoms with Gasteiger partial charge in [-0.05, 0) is 38.3 Å². The lowest BCUT2D eigenvalue weighted by atomic mass is 9.56. The van der Waals surface area contributed by atoms with Crippen LogP contribution in [0.3, 0.4) is 0 Å². The zero-order valence-electron chi connectivity index (χ0n) is 21.6. The molecule has 10 heteroatoms. The third-order valence-electron chi connectivity index (χ3n) is 7.93. The number of esters is 4. The van der Waals surface area contributed by atoms with Gasteiger partial charge in [0.15, 0.2) is 11.7 Å². The molecule has 1 heterocycles. The maximum Gasteiger partial charge on any atom is 0.312 e. The van der Waals surface area contributed by atoms with Gasteiger partial charge in [-0.1, -0.05) is 18.6 Å². The summed E-state index contributed by atoms with van der Waals surface area (Å²) in [5.74, 6) is -4.40. The van der Waals surface area contributed by atoms with Gasteiger partial charge in [-0.3, -0.25) is 19.2 Å². The molecule has 10 nitrogen and oxygen atoms in total. The van der Waals surface area contributed by atoms with Crippen molar-refractivity contribution in [1.82, 2.24) is 0 Å². The highest BCUT2D eigenvalue weighted by Gasteiger charge is 2.67. The van der Waals surface area contributed by atoms with Crippen LogP contribution in [0.15, 0.2) is 23.3 Å². The molecule has 0 unspecified atom stereocenters. The van der Waals surface area contributed by atoms with Crippen LogP contribution in [0.25, 0.3) is 0 Å². The Morgan fingerprint density at radius 1 is 1.08 bits per heavy atom. The number of carbonyl (C=O) groups excluding carboxylic acids is 4. The van der Waals surface area contributed by atoms with Crippen LogP contribution >= 0.6 is 0 Å². The van der Waals surface area contributed by atoms with E-state index in [1.165, 1.54) is 33.8 Å². The predicted octanol–water partition coefficient (Wildman–Crippen LogP) is 1.76. The summed E-state index contributed by atoms with van der Waals surface area (Å²) in [6.45, 7) is 8.41. The molecule has 1 fully saturated rings. The Labute approximate surface area is 210 Å². The van der Waals surface area contributed by atoms with Crippen LogP contribution in [0, 0.1) is 17.3 Å². The van der Waals surface area contributed by atoms with Gasteiger partial charge in [-0.2, -0.15) is 0 Å². The van der Waals surface area contributed by atoms with Gasteiger partial charge in [0.2, 0.25) is 0 Å². The monoisotopic (exact) mass is 508 g/mol. The highest BCUT2D eigenvalue weighted by Crippen LogP contribution is 2.55. The molecule has 2 aliphatic carbocycles. The molecule has 3 rings (SSSR count). The van der Waals surface area contributed by atoms with Crippen LogP contribution < -0.4 is 0 Å². The zero-order valence-corrected chi connectivity index (χ0v) is 21.6. The number of carbonyl (C=O) groups is 4. The molecule has 0 aromatic heterocycles. The molecule has 2 N–H and O–H groups in total. The third-order valence-corrected chi connectivity index (χ3v) is 7.93. The van der Waals surface area contributed by atoms with Crippen molar-refractivity contribution in [2.45, 2.75) is 90.8 Å². The van der Waals surface area contributed by atoms with Crippen LogP contribution in [0.2, 0.25) is 0 Å². The first-order valence-corrected chi connectivity index (χ1v) is 12.2. The molecule has 200 valence electrons. The summed E-state index contributed by atoms with van der Waals surface area (Å²) < 4.78 is 22.9. The van der Waals surface area contributed by atoms with E-state index < -0.39 is 77.8 Å². The lowest BCUT2D eigenvalue weighted by Gasteiger charge is -2.54. The van der Waals surface area contributed by atoms with E-state index >= 15 is 0 Å². The zero-order chi connectivity index (χ0) is 27.0. The quantitative estimate of drug-likeness (QED) is 0.327. The van der Waals surface area contributed by atoms with Gasteiger partial charge in [0.05, 0.1) is 17.9 Å². The molecule has 1 aliphatic heterocycles. The summed E-state index contributed by atoms with van der Waals surface area (Å²) in [6, 6.07) is 0. The lowest BCUT2D eigenvalue weighted by molar-refractivity contribution is -0.216. The molecule has 0 aromatic rings. The number of ether oxygens (including phenoxy) is 4. The van der Waals surface area contributed by atoms with E-state index in [4.69, 9.17) is 18.9 Å². The summed E-state index contributed by atoms with van der Waals surface area (Å²) >= 11 is 0. The van der Waals surface area contributed by atoms with Crippen molar-refractivity contribution < 1.29 is 48.3 Å². The Hall–Kier alpha value is -2.72. The Bertz CT molecular complexity index is 983. The van der Waals surface area contributed by atoms with Crippen molar-refractivity contribution in [3.63, 3.8) is 0 Å². The van der Waals surface area contributed by atoms with Gasteiger partial charge < -0.3 is 29.2 Å². The van der Waals surface area contributed by atoms with E-state index in [-0.39, 0.29) is 12.8 Å². The molecule has 0 bridgehead atoms. The van der Waals surface area contributed by atoms with Gasteiger partial charge in [-0.15, -0.1) is 0 Å². The molecule has 0 spiro atoms. The van der Waals surface area contributed by atoms with Crippen molar-refractivity contribution in [2.24, 2.45) is 17.3 Å². The molecule has 0 saturated carbocycles. The average Bonchev–Trinajstić information content (AvgIpc) is 2.99. The predicted molar refractivity (Wildman–Crippen MR) is 125 cm³/mol. The number of aliphatic hydroxyl groups is 2. The first kappa shape index (κ1) is 27.9. The molecule has 1 saturated heterocycles. The van der Waals surface area contributed by atoms with Gasteiger partial charge >= 0.3 is 23.9 Å². The minimum Gasteiger partial charge on any atom is -0.462 e. The number of hydrogen-bond acceptors (Lipinski definition) is 10. The number of rotatable bonds is 4. The van der Waals surface area contributed by atoms with Gasteiger partial charge in [0.1, 0.15) is 18.3 Å². The van der Waals surface area contributed by atoms with Crippen molar-refractivity contribution >= 4 is 23.9 Å². The molecular weight excluding hydrogens is 472 g/mol. The smallest absolute Gasteiger partial charge is 0.312 e. The molecule has 8 atom stereocenters. The van der Waals surface area contributed by atoms with Crippen molar-refractivity contribution in [1.29, 1.82) is 0 Å². The van der Waals surface area contributed by atoms with Gasteiger partial charge in [0.25, 0.3) is 0 Å². The van der Waals surface area contributed by atoms with E-state index in [9.17, 15) is 29.4 Å². The normalized spacial score (nSPS) is 39.8. The fourth-order valence-electron chi connectivity index (χ4n) is 6.10. The van der Waals surface area contributed by atoms with Crippen LogP contribution in [0.1, 0.15) is 60.8 Å². The molecule has 36 heavy (non-hydrogen) atoms. The maximum atomic E-state index is 12.7. The summed E-state index contributed by atoms with van der Waals surface area (Å²) in [4.78, 5) is 49.5. The van der Waals surface area contributed by atoms with Crippen LogP contribution in [-0.2, 0) is 38.1 Å². The molecular formula is C26H36O10. The highest BCUT2D eigenvalue weighted by molar-refractivity contribution is 5.78. The van der Waals surface area contributed by atoms with Crippen LogP contribution in [0.4, 0.5) is 0 Å². The van der Waals surface area contributed by atoms with Crippen LogP contribution in [0.5, 0.6) is 0 Å². The molecule has 0 amide bonds. The third kappa shape index (κ3) is 4.80. The minimum absolute atomic E-state index is 0.242. The molecule has 0 aromatic carbocycles. The fourth-order valence-corrected chi connectivity index (χ4v) is 6.10. The van der Waals surface area contributed by atoms with E-state index in [0.717, 1.165) is 5.57 Å². The Balaban J connectivity index is 2.36. The first-order valence-electron chi connectivity index (χ1n) is 12.2. The van der Waals surface area contributed by atoms with E-state index in [1.807, 2.05) is 6.08 Å². The summed E-state index contributed by atoms with van der Waals surface area (Å²) in [5.41, 5.74) is -2.04. The Morgan fingerprint density at radius 2 is 1.67 bits per heavy atom. The first-order chi connectivity index (χ1) is 16.8. The number of hydrogen-bond donors (Lipinski definition) is 2. The standard InChI is InChI=1S/C26H36O10/c1-13-7-9-19(33-15(3)28)25(6)20(34-16(4)29)10-8-18(12-27)11-21-26(32,14(2)24(31)36-21)23(22(13)25)35-17(5)30/h7,11,14,19-23,27,32H,8-10,12H2,1-6H3/b18-11+/t14-,19-,20+,21-,22+,23+,25+,26-/m0/s1. The molecule has 0 radical (unpaired) electrons. The largest absolute Gasteiger partial charge is 0.462 e. The van der Waals surface area contributed by atoms with Gasteiger partial charge in [0, 0.05) is 33.1 Å². The fraction of sp³-hybridized carbons (Fsp3) is 0.692. The number of fused-ring (bicyclic) bond motifs is 2. The summed E-state index contributed by atoms with van der Waals surface area (Å²) in [5, 5.41) is 22.2. The second-order valence-corrected chi connectivity index (χ2v) is 10.2. The Morgan fingerprint density at radius 3 is 2.22 bits per heavy atom. The van der Waals surface area contributed by atoms with Crippen molar-refractivity contribution in [3.05, 3.63) is 23.3 Å². The lowest BCUT2D eigenvalue weighted by Crippen LogP contribution is -2.65. The number of aliphatic hydroxyl groups excluding tert-OH is 1. The highest BCUT2D eigenvalue weighted by atomic mass is 16.6. The second-order valence-electron chi connectivity index (χ2n) is 10.2. The summed E-state index contributed by atoms with van der Waals surface area (Å²) in [6.07, 6.45) is -0.0830.